The van der Waals surface area contributed by atoms with Crippen LogP contribution in [0.3, 0.4) is 0 Å². The van der Waals surface area contributed by atoms with Crippen LogP contribution < -0.4 is 5.73 Å². The summed E-state index contributed by atoms with van der Waals surface area (Å²) in [5.74, 6) is -2.91. The predicted molar refractivity (Wildman–Crippen MR) is 110 cm³/mol. The molecule has 0 saturated heterocycles. The maximum absolute atomic E-state index is 14.7. The average molecular weight is 462 g/mol. The van der Waals surface area contributed by atoms with Crippen molar-refractivity contribution in [2.24, 2.45) is 9.36 Å². The van der Waals surface area contributed by atoms with Gasteiger partial charge in [-0.3, -0.25) is 14.1 Å². The molecule has 0 aliphatic carbocycles. The molecule has 0 radical (unpaired) electrons. The van der Waals surface area contributed by atoms with Gasteiger partial charge in [0.2, 0.25) is 0 Å². The van der Waals surface area contributed by atoms with E-state index in [9.17, 15) is 22.2 Å². The lowest BCUT2D eigenvalue weighted by atomic mass is 9.97. The van der Waals surface area contributed by atoms with Gasteiger partial charge in [-0.15, -0.1) is 0 Å². The number of amidine groups is 1. The van der Waals surface area contributed by atoms with Crippen molar-refractivity contribution >= 4 is 27.5 Å². The SMILES string of the molecule is CC(C)(C)OC(=O)CC1=N[C@@](c2nc(N)ccc2F)(C(F)F)C[S@@]2(=O)=NCCCCN12. The van der Waals surface area contributed by atoms with E-state index in [2.05, 4.69) is 14.3 Å². The van der Waals surface area contributed by atoms with E-state index in [1.165, 1.54) is 4.31 Å². The summed E-state index contributed by atoms with van der Waals surface area (Å²) in [6, 6.07) is 2.04. The number of pyridine rings is 1. The lowest BCUT2D eigenvalue weighted by Crippen LogP contribution is -2.54. The lowest BCUT2D eigenvalue weighted by molar-refractivity contribution is -0.153. The van der Waals surface area contributed by atoms with Gasteiger partial charge in [0, 0.05) is 6.54 Å². The van der Waals surface area contributed by atoms with E-state index < -0.39 is 57.1 Å². The zero-order chi connectivity index (χ0) is 23.0. The zero-order valence-electron chi connectivity index (χ0n) is 17.6. The first kappa shape index (κ1) is 23.3. The second-order valence-electron chi connectivity index (χ2n) is 8.50. The maximum atomic E-state index is 14.7. The first-order valence-corrected chi connectivity index (χ1v) is 11.5. The van der Waals surface area contributed by atoms with Crippen LogP contribution in [-0.2, 0) is 25.0 Å². The number of ether oxygens (including phenoxy) is 1. The van der Waals surface area contributed by atoms with Crippen molar-refractivity contribution in [3.63, 3.8) is 0 Å². The number of aromatic nitrogens is 1. The third-order valence-corrected chi connectivity index (χ3v) is 7.28. The van der Waals surface area contributed by atoms with Gasteiger partial charge in [-0.05, 0) is 45.7 Å². The molecule has 172 valence electrons. The standard InChI is InChI=1S/C19H26F3N5O3S/c1-18(2,3)30-15(28)10-14-26-19(17(21)22,16-12(20)6-7-13(23)25-16)11-31(29)24-8-4-5-9-27(14)31/h6-7,17H,4-5,8-11H2,1-3H3,(H2,23,25)/t19-,31+/m0/s1. The molecular formula is C19H26F3N5O3S. The topological polar surface area (TPSA) is 110 Å². The van der Waals surface area contributed by atoms with Gasteiger partial charge in [0.25, 0.3) is 6.43 Å². The van der Waals surface area contributed by atoms with Gasteiger partial charge in [0.05, 0.1) is 12.3 Å². The zero-order valence-corrected chi connectivity index (χ0v) is 18.4. The number of fused-ring (bicyclic) bond motifs is 1. The van der Waals surface area contributed by atoms with E-state index in [0.717, 1.165) is 12.1 Å². The van der Waals surface area contributed by atoms with Gasteiger partial charge in [0.15, 0.2) is 5.54 Å². The van der Waals surface area contributed by atoms with Crippen molar-refractivity contribution < 1.29 is 26.9 Å². The van der Waals surface area contributed by atoms with E-state index >= 15 is 0 Å². The highest BCUT2D eigenvalue weighted by Crippen LogP contribution is 2.41. The lowest BCUT2D eigenvalue weighted by Gasteiger charge is -2.40. The molecule has 2 atom stereocenters. The molecule has 0 bridgehead atoms. The fourth-order valence-corrected chi connectivity index (χ4v) is 6.09. The summed E-state index contributed by atoms with van der Waals surface area (Å²) in [5.41, 5.74) is 1.48. The van der Waals surface area contributed by atoms with E-state index in [4.69, 9.17) is 10.5 Å². The minimum Gasteiger partial charge on any atom is -0.460 e. The number of hydrogen-bond acceptors (Lipinski definition) is 7. The molecule has 12 heteroatoms. The average Bonchev–Trinajstić information content (AvgIpc) is 2.83. The molecular weight excluding hydrogens is 435 g/mol. The number of esters is 1. The first-order chi connectivity index (χ1) is 14.4. The molecule has 0 unspecified atom stereocenters. The number of nitrogen functional groups attached to an aromatic ring is 1. The Labute approximate surface area is 179 Å². The van der Waals surface area contributed by atoms with Gasteiger partial charge >= 0.3 is 5.97 Å². The molecule has 0 amide bonds. The van der Waals surface area contributed by atoms with Crippen LogP contribution in [0.25, 0.3) is 0 Å². The van der Waals surface area contributed by atoms with Gasteiger partial charge in [0.1, 0.15) is 45.1 Å². The van der Waals surface area contributed by atoms with E-state index in [1.54, 1.807) is 20.8 Å². The second-order valence-corrected chi connectivity index (χ2v) is 10.7. The summed E-state index contributed by atoms with van der Waals surface area (Å²) < 4.78 is 68.3. The number of nitrogens with zero attached hydrogens (tertiary/aromatic N) is 4. The van der Waals surface area contributed by atoms with Crippen LogP contribution in [-0.4, -0.2) is 56.2 Å². The number of carbonyl (C=O) groups is 1. The number of hydrogen-bond donors (Lipinski definition) is 1. The van der Waals surface area contributed by atoms with Crippen molar-refractivity contribution in [1.29, 1.82) is 0 Å². The highest BCUT2D eigenvalue weighted by molar-refractivity contribution is 7.92. The monoisotopic (exact) mass is 461 g/mol. The van der Waals surface area contributed by atoms with Crippen molar-refractivity contribution in [1.82, 2.24) is 9.29 Å². The Bertz CT molecular complexity index is 1020. The normalized spacial score (nSPS) is 26.5. The Morgan fingerprint density at radius 1 is 1.35 bits per heavy atom. The summed E-state index contributed by atoms with van der Waals surface area (Å²) in [7, 11) is -3.45. The number of halogens is 3. The number of rotatable bonds is 4. The van der Waals surface area contributed by atoms with Gasteiger partial charge in [-0.1, -0.05) is 0 Å². The number of nitrogens with two attached hydrogens (primary N) is 1. The smallest absolute Gasteiger partial charge is 0.313 e. The van der Waals surface area contributed by atoms with Crippen LogP contribution >= 0.6 is 0 Å². The van der Waals surface area contributed by atoms with Crippen molar-refractivity contribution in [2.75, 3.05) is 24.6 Å². The number of alkyl halides is 2. The third kappa shape index (κ3) is 4.78. The quantitative estimate of drug-likeness (QED) is 0.694. The summed E-state index contributed by atoms with van der Waals surface area (Å²) >= 11 is 0. The molecule has 3 heterocycles. The van der Waals surface area contributed by atoms with E-state index in [-0.39, 0.29) is 24.7 Å². The molecule has 31 heavy (non-hydrogen) atoms. The molecule has 0 saturated carbocycles. The van der Waals surface area contributed by atoms with Crippen LogP contribution in [0.2, 0.25) is 0 Å². The molecule has 2 N–H and O–H groups in total. The van der Waals surface area contributed by atoms with Crippen LogP contribution in [0.4, 0.5) is 19.0 Å². The summed E-state index contributed by atoms with van der Waals surface area (Å²) in [6.07, 6.45) is -2.61. The van der Waals surface area contributed by atoms with E-state index in [1.807, 2.05) is 0 Å². The Balaban J connectivity index is 2.20. The predicted octanol–water partition coefficient (Wildman–Crippen LogP) is 2.89. The van der Waals surface area contributed by atoms with Gasteiger partial charge in [-0.2, -0.15) is 0 Å². The van der Waals surface area contributed by atoms with Gasteiger partial charge in [-0.25, -0.2) is 26.7 Å². The number of carbonyl (C=O) groups excluding carboxylic acids is 1. The largest absolute Gasteiger partial charge is 0.460 e. The van der Waals surface area contributed by atoms with Gasteiger partial charge < -0.3 is 10.5 Å². The Hall–Kier alpha value is -2.37. The molecule has 1 aromatic rings. The number of anilines is 1. The van der Waals surface area contributed by atoms with Crippen LogP contribution in [0.1, 0.15) is 45.7 Å². The Morgan fingerprint density at radius 3 is 2.71 bits per heavy atom. The fourth-order valence-electron chi connectivity index (χ4n) is 3.54. The molecule has 2 aliphatic heterocycles. The molecule has 3 rings (SSSR count). The molecule has 0 aromatic carbocycles. The second kappa shape index (κ2) is 8.29. The highest BCUT2D eigenvalue weighted by atomic mass is 32.2. The maximum Gasteiger partial charge on any atom is 0.313 e. The Kier molecular flexibility index (Phi) is 6.23. The minimum atomic E-state index is -3.45. The first-order valence-electron chi connectivity index (χ1n) is 9.86. The summed E-state index contributed by atoms with van der Waals surface area (Å²) in [5, 5.41) is 0. The van der Waals surface area contributed by atoms with Crippen LogP contribution in [0, 0.1) is 5.82 Å². The van der Waals surface area contributed by atoms with Crippen molar-refractivity contribution in [3.05, 3.63) is 23.6 Å². The number of aliphatic imine (C=N–C) groups is 1. The van der Waals surface area contributed by atoms with E-state index in [0.29, 0.717) is 12.8 Å². The fraction of sp³-hybridized carbons (Fsp3) is 0.632. The summed E-state index contributed by atoms with van der Waals surface area (Å²) in [6.45, 7) is 5.39. The third-order valence-electron chi connectivity index (χ3n) is 4.79. The van der Waals surface area contributed by atoms with Crippen molar-refractivity contribution in [3.8, 4) is 0 Å². The highest BCUT2D eigenvalue weighted by Gasteiger charge is 2.53. The van der Waals surface area contributed by atoms with Crippen LogP contribution in [0.15, 0.2) is 21.5 Å². The van der Waals surface area contributed by atoms with Crippen LogP contribution in [0.5, 0.6) is 0 Å². The molecule has 0 spiro atoms. The Morgan fingerprint density at radius 2 is 2.06 bits per heavy atom. The molecule has 8 nitrogen and oxygen atoms in total. The molecule has 2 aliphatic rings. The van der Waals surface area contributed by atoms with Crippen molar-refractivity contribution in [2.45, 2.75) is 57.6 Å². The molecule has 1 aromatic heterocycles. The molecule has 0 fully saturated rings. The summed E-state index contributed by atoms with van der Waals surface area (Å²) in [4.78, 5) is 20.4. The minimum absolute atomic E-state index is 0.180.